The largest absolute Gasteiger partial charge is 0.238 e. The van der Waals surface area contributed by atoms with E-state index < -0.39 is 0 Å². The van der Waals surface area contributed by atoms with Gasteiger partial charge in [-0.1, -0.05) is 43.4 Å². The number of nitrogens with zero attached hydrogens (tertiary/aromatic N) is 6. The normalized spacial score (nSPS) is 11.7. The molecule has 128 valence electrons. The van der Waals surface area contributed by atoms with Gasteiger partial charge in [0.1, 0.15) is 5.01 Å². The molecule has 1 aromatic carbocycles. The number of para-hydroxylation sites is 1. The van der Waals surface area contributed by atoms with E-state index in [0.29, 0.717) is 5.92 Å². The number of hydrogen-bond donors (Lipinski definition) is 0. The molecular weight excluding hydrogens is 332 g/mol. The van der Waals surface area contributed by atoms with E-state index in [1.165, 1.54) is 5.56 Å². The van der Waals surface area contributed by atoms with Crippen molar-refractivity contribution in [1.29, 1.82) is 0 Å². The summed E-state index contributed by atoms with van der Waals surface area (Å²) in [6, 6.07) is 10.2. The summed E-state index contributed by atoms with van der Waals surface area (Å²) >= 11 is 1.59. The Morgan fingerprint density at radius 1 is 1.04 bits per heavy atom. The minimum absolute atomic E-state index is 0.300. The third-order valence-corrected chi connectivity index (χ3v) is 5.24. The molecule has 0 bridgehead atoms. The number of aromatic nitrogens is 6. The molecule has 0 saturated carbocycles. The Hall–Kier alpha value is -2.54. The van der Waals surface area contributed by atoms with Crippen LogP contribution in [0.15, 0.2) is 30.3 Å². The van der Waals surface area contributed by atoms with Crippen LogP contribution in [-0.4, -0.2) is 29.6 Å². The van der Waals surface area contributed by atoms with Crippen molar-refractivity contribution in [3.8, 4) is 5.69 Å². The van der Waals surface area contributed by atoms with E-state index in [2.05, 4.69) is 50.0 Å². The predicted octanol–water partition coefficient (Wildman–Crippen LogP) is 3.70. The zero-order chi connectivity index (χ0) is 17.6. The first-order chi connectivity index (χ1) is 12.0. The Bertz CT molecular complexity index is 1020. The first-order valence-electron chi connectivity index (χ1n) is 8.36. The molecule has 0 saturated heterocycles. The summed E-state index contributed by atoms with van der Waals surface area (Å²) in [7, 11) is 0. The van der Waals surface area contributed by atoms with Crippen LogP contribution in [0.3, 0.4) is 0 Å². The van der Waals surface area contributed by atoms with Crippen molar-refractivity contribution < 1.29 is 0 Å². The molecule has 3 aromatic heterocycles. The monoisotopic (exact) mass is 352 g/mol. The van der Waals surface area contributed by atoms with Crippen molar-refractivity contribution in [2.75, 3.05) is 0 Å². The van der Waals surface area contributed by atoms with Crippen molar-refractivity contribution in [2.45, 2.75) is 40.0 Å². The Balaban J connectivity index is 1.71. The molecule has 0 unspecified atom stereocenters. The summed E-state index contributed by atoms with van der Waals surface area (Å²) in [5.41, 5.74) is 4.49. The zero-order valence-corrected chi connectivity index (χ0v) is 15.6. The first kappa shape index (κ1) is 16.0. The van der Waals surface area contributed by atoms with E-state index in [4.69, 9.17) is 10.2 Å². The van der Waals surface area contributed by atoms with Crippen LogP contribution in [0.4, 0.5) is 0 Å². The van der Waals surface area contributed by atoms with E-state index in [9.17, 15) is 0 Å². The van der Waals surface area contributed by atoms with Crippen LogP contribution in [0.25, 0.3) is 10.6 Å². The second kappa shape index (κ2) is 6.07. The molecule has 0 amide bonds. The average Bonchev–Trinajstić information content (AvgIpc) is 3.24. The van der Waals surface area contributed by atoms with Crippen molar-refractivity contribution in [3.05, 3.63) is 58.1 Å². The van der Waals surface area contributed by atoms with E-state index in [1.807, 2.05) is 27.4 Å². The summed E-state index contributed by atoms with van der Waals surface area (Å²) < 4.78 is 3.88. The van der Waals surface area contributed by atoms with E-state index in [0.717, 1.165) is 39.3 Å². The minimum Gasteiger partial charge on any atom is -0.238 e. The summed E-state index contributed by atoms with van der Waals surface area (Å²) in [5.74, 6) is 1.21. The Labute approximate surface area is 150 Å². The van der Waals surface area contributed by atoms with Crippen LogP contribution in [0.1, 0.15) is 47.5 Å². The highest BCUT2D eigenvalue weighted by Crippen LogP contribution is 2.24. The maximum Gasteiger partial charge on any atom is 0.234 e. The number of hydrogen-bond acceptors (Lipinski definition) is 5. The van der Waals surface area contributed by atoms with Crippen molar-refractivity contribution in [3.63, 3.8) is 0 Å². The van der Waals surface area contributed by atoms with Crippen LogP contribution in [-0.2, 0) is 6.42 Å². The summed E-state index contributed by atoms with van der Waals surface area (Å²) in [4.78, 5) is 0.851. The molecule has 0 atom stereocenters. The third-order valence-electron chi connectivity index (χ3n) is 4.34. The van der Waals surface area contributed by atoms with Crippen LogP contribution in [0.5, 0.6) is 0 Å². The number of aryl methyl sites for hydroxylation is 1. The SMILES string of the molecule is Cc1nn(-c2ccccc2)c(C)c1Cc1nn2c(C(C)C)nnc2s1. The quantitative estimate of drug-likeness (QED) is 0.562. The summed E-state index contributed by atoms with van der Waals surface area (Å²) in [5, 5.41) is 19.0. The molecule has 3 heterocycles. The molecule has 0 aliphatic rings. The predicted molar refractivity (Wildman–Crippen MR) is 98.6 cm³/mol. The standard InChI is InChI=1S/C18H20N6S/c1-11(2)17-19-20-18-24(17)22-16(25-18)10-15-12(3)21-23(13(15)4)14-8-6-5-7-9-14/h5-9,11H,10H2,1-4H3. The van der Waals surface area contributed by atoms with Crippen molar-refractivity contribution >= 4 is 16.3 Å². The fourth-order valence-corrected chi connectivity index (χ4v) is 3.86. The van der Waals surface area contributed by atoms with Gasteiger partial charge in [-0.25, -0.2) is 4.68 Å². The van der Waals surface area contributed by atoms with Gasteiger partial charge in [0.25, 0.3) is 0 Å². The molecule has 0 aliphatic heterocycles. The highest BCUT2D eigenvalue weighted by molar-refractivity contribution is 7.16. The van der Waals surface area contributed by atoms with Gasteiger partial charge in [0.15, 0.2) is 5.82 Å². The Morgan fingerprint density at radius 2 is 1.80 bits per heavy atom. The van der Waals surface area contributed by atoms with Gasteiger partial charge >= 0.3 is 0 Å². The van der Waals surface area contributed by atoms with E-state index in [-0.39, 0.29) is 0 Å². The van der Waals surface area contributed by atoms with Crippen LogP contribution < -0.4 is 0 Å². The topological polar surface area (TPSA) is 60.9 Å². The van der Waals surface area contributed by atoms with E-state index in [1.54, 1.807) is 11.3 Å². The van der Waals surface area contributed by atoms with Gasteiger partial charge in [0.05, 0.1) is 11.4 Å². The van der Waals surface area contributed by atoms with Gasteiger partial charge in [-0.2, -0.15) is 14.7 Å². The van der Waals surface area contributed by atoms with Crippen molar-refractivity contribution in [2.24, 2.45) is 0 Å². The zero-order valence-electron chi connectivity index (χ0n) is 14.8. The molecule has 0 N–H and O–H groups in total. The molecule has 4 rings (SSSR count). The average molecular weight is 352 g/mol. The first-order valence-corrected chi connectivity index (χ1v) is 9.17. The maximum absolute atomic E-state index is 4.73. The lowest BCUT2D eigenvalue weighted by Crippen LogP contribution is -2.00. The maximum atomic E-state index is 4.73. The van der Waals surface area contributed by atoms with Gasteiger partial charge < -0.3 is 0 Å². The van der Waals surface area contributed by atoms with Crippen LogP contribution >= 0.6 is 11.3 Å². The van der Waals surface area contributed by atoms with Gasteiger partial charge in [-0.3, -0.25) is 0 Å². The summed E-state index contributed by atoms with van der Waals surface area (Å²) in [6.45, 7) is 8.38. The second-order valence-corrected chi connectivity index (χ2v) is 7.52. The lowest BCUT2D eigenvalue weighted by molar-refractivity contribution is 0.719. The smallest absolute Gasteiger partial charge is 0.234 e. The second-order valence-electron chi connectivity index (χ2n) is 6.48. The minimum atomic E-state index is 0.300. The van der Waals surface area contributed by atoms with Gasteiger partial charge in [0, 0.05) is 23.6 Å². The highest BCUT2D eigenvalue weighted by atomic mass is 32.1. The molecule has 4 aromatic rings. The molecule has 6 nitrogen and oxygen atoms in total. The number of fused-ring (bicyclic) bond motifs is 1. The Morgan fingerprint density at radius 3 is 2.52 bits per heavy atom. The van der Waals surface area contributed by atoms with Gasteiger partial charge in [-0.15, -0.1) is 10.2 Å². The summed E-state index contributed by atoms with van der Waals surface area (Å²) in [6.07, 6.45) is 0.760. The lowest BCUT2D eigenvalue weighted by atomic mass is 10.1. The van der Waals surface area contributed by atoms with Gasteiger partial charge in [-0.05, 0) is 26.0 Å². The molecule has 0 fully saturated rings. The number of rotatable bonds is 4. The molecule has 0 radical (unpaired) electrons. The van der Waals surface area contributed by atoms with Gasteiger partial charge in [0.2, 0.25) is 4.96 Å². The third kappa shape index (κ3) is 2.74. The highest BCUT2D eigenvalue weighted by Gasteiger charge is 2.18. The van der Waals surface area contributed by atoms with Crippen LogP contribution in [0, 0.1) is 13.8 Å². The molecule has 7 heteroatoms. The molecular formula is C18H20N6S. The lowest BCUT2D eigenvalue weighted by Gasteiger charge is -2.04. The van der Waals surface area contributed by atoms with E-state index >= 15 is 0 Å². The molecule has 0 spiro atoms. The van der Waals surface area contributed by atoms with Crippen LogP contribution in [0.2, 0.25) is 0 Å². The number of benzene rings is 1. The molecule has 0 aliphatic carbocycles. The van der Waals surface area contributed by atoms with Crippen molar-refractivity contribution in [1.82, 2.24) is 29.6 Å². The Kier molecular flexibility index (Phi) is 3.88. The fourth-order valence-electron chi connectivity index (χ4n) is 3.01. The molecule has 25 heavy (non-hydrogen) atoms. The fraction of sp³-hybridized carbons (Fsp3) is 0.333.